The maximum atomic E-state index is 11.5. The van der Waals surface area contributed by atoms with E-state index >= 15 is 0 Å². The van der Waals surface area contributed by atoms with Gasteiger partial charge in [-0.3, -0.25) is 9.69 Å². The molecule has 2 N–H and O–H groups in total. The van der Waals surface area contributed by atoms with Crippen molar-refractivity contribution in [1.82, 2.24) is 9.58 Å². The summed E-state index contributed by atoms with van der Waals surface area (Å²) in [7, 11) is 0. The molecule has 1 unspecified atom stereocenters. The van der Waals surface area contributed by atoms with Crippen LogP contribution < -0.4 is 5.73 Å². The van der Waals surface area contributed by atoms with Gasteiger partial charge in [0.25, 0.3) is 0 Å². The number of carbonyl (C=O) groups excluding carboxylic acids is 1. The lowest BCUT2D eigenvalue weighted by Crippen LogP contribution is -2.50. The zero-order chi connectivity index (χ0) is 17.6. The normalized spacial score (nSPS) is 25.7. The first-order valence-corrected chi connectivity index (χ1v) is 9.11. The zero-order valence-corrected chi connectivity index (χ0v) is 14.5. The van der Waals surface area contributed by atoms with E-state index in [1.165, 1.54) is 21.2 Å². The number of fused-ring (bicyclic) bond motifs is 2. The minimum absolute atomic E-state index is 0.217. The van der Waals surface area contributed by atoms with E-state index in [9.17, 15) is 9.70 Å². The minimum atomic E-state index is -0.217. The van der Waals surface area contributed by atoms with Gasteiger partial charge >= 0.3 is 0 Å². The first-order chi connectivity index (χ1) is 12.1. The number of nitroso groups, excluding NO2 is 1. The topological polar surface area (TPSA) is 80.7 Å². The fourth-order valence-electron chi connectivity index (χ4n) is 5.03. The molecule has 25 heavy (non-hydrogen) atoms. The highest BCUT2D eigenvalue weighted by molar-refractivity contribution is 5.89. The molecule has 2 aromatic rings. The molecule has 0 bridgehead atoms. The van der Waals surface area contributed by atoms with E-state index in [0.29, 0.717) is 24.3 Å². The van der Waals surface area contributed by atoms with Crippen LogP contribution in [0.1, 0.15) is 43.2 Å². The predicted octanol–water partition coefficient (Wildman–Crippen LogP) is 2.79. The fraction of sp³-hybridized carbons (Fsp3) is 0.526. The van der Waals surface area contributed by atoms with Gasteiger partial charge in [0.15, 0.2) is 0 Å². The summed E-state index contributed by atoms with van der Waals surface area (Å²) in [5.41, 5.74) is 8.87. The number of rotatable bonds is 5. The number of amides is 1. The maximum absolute atomic E-state index is 11.5. The molecule has 1 aliphatic heterocycles. The first-order valence-electron chi connectivity index (χ1n) is 9.11. The van der Waals surface area contributed by atoms with Crippen molar-refractivity contribution in [3.05, 3.63) is 40.4 Å². The van der Waals surface area contributed by atoms with Crippen LogP contribution in [0, 0.1) is 10.8 Å². The minimum Gasteiger partial charge on any atom is -0.370 e. The van der Waals surface area contributed by atoms with Crippen molar-refractivity contribution in [2.24, 2.45) is 16.9 Å². The van der Waals surface area contributed by atoms with Crippen LogP contribution >= 0.6 is 0 Å². The number of benzene rings is 1. The molecule has 6 heteroatoms. The summed E-state index contributed by atoms with van der Waals surface area (Å²) in [5.74, 6) is 0.461. The van der Waals surface area contributed by atoms with E-state index in [2.05, 4.69) is 23.2 Å². The second-order valence-corrected chi connectivity index (χ2v) is 7.47. The number of hydrogen-bond acceptors (Lipinski definition) is 4. The van der Waals surface area contributed by atoms with Gasteiger partial charge in [-0.05, 0) is 48.9 Å². The summed E-state index contributed by atoms with van der Waals surface area (Å²) < 4.78 is 1.45. The average molecular weight is 340 g/mol. The SMILES string of the molecule is CCCN1C[C@H](CC(N)=O)CC2c3cccc4c3c(cn4N=O)C[C@H]21. The third-order valence-electron chi connectivity index (χ3n) is 5.85. The molecule has 1 aromatic heterocycles. The van der Waals surface area contributed by atoms with E-state index in [1.807, 2.05) is 18.3 Å². The van der Waals surface area contributed by atoms with Gasteiger partial charge in [-0.25, -0.2) is 4.68 Å². The highest BCUT2D eigenvalue weighted by Gasteiger charge is 2.41. The van der Waals surface area contributed by atoms with Gasteiger partial charge in [-0.2, -0.15) is 0 Å². The van der Waals surface area contributed by atoms with Gasteiger partial charge in [0, 0.05) is 36.5 Å². The standard InChI is InChI=1S/C19H24N4O2/c1-2-6-22-10-12(8-18(20)24)7-15-14-4-3-5-16-19(14)13(9-17(15)22)11-23(16)21-25/h3-5,11-12,15,17H,2,6-10H2,1H3,(H2,20,24)/t12-,15?,17+/m0/s1. The summed E-state index contributed by atoms with van der Waals surface area (Å²) in [6.07, 6.45) is 5.33. The van der Waals surface area contributed by atoms with Gasteiger partial charge in [0.05, 0.1) is 10.8 Å². The Hall–Kier alpha value is -2.21. The largest absolute Gasteiger partial charge is 0.370 e. The number of nitrogens with two attached hydrogens (primary N) is 1. The number of nitrogens with zero attached hydrogens (tertiary/aromatic N) is 3. The number of primary amides is 1. The van der Waals surface area contributed by atoms with Gasteiger partial charge in [-0.1, -0.05) is 19.1 Å². The maximum Gasteiger partial charge on any atom is 0.217 e. The van der Waals surface area contributed by atoms with Crippen LogP contribution in [0.5, 0.6) is 0 Å². The van der Waals surface area contributed by atoms with E-state index in [1.54, 1.807) is 0 Å². The molecule has 0 spiro atoms. The van der Waals surface area contributed by atoms with Crippen LogP contribution in [0.15, 0.2) is 29.7 Å². The van der Waals surface area contributed by atoms with Crippen LogP contribution in [-0.2, 0) is 11.2 Å². The molecular formula is C19H24N4O2. The Morgan fingerprint density at radius 2 is 2.24 bits per heavy atom. The van der Waals surface area contributed by atoms with Gasteiger partial charge in [0.1, 0.15) is 0 Å². The lowest BCUT2D eigenvalue weighted by atomic mass is 9.71. The third kappa shape index (κ3) is 2.65. The molecule has 6 nitrogen and oxygen atoms in total. The molecule has 132 valence electrons. The van der Waals surface area contributed by atoms with E-state index in [0.717, 1.165) is 37.9 Å². The Bertz CT molecular complexity index is 828. The molecule has 0 saturated carbocycles. The fourth-order valence-corrected chi connectivity index (χ4v) is 5.03. The van der Waals surface area contributed by atoms with Crippen molar-refractivity contribution in [3.63, 3.8) is 0 Å². The van der Waals surface area contributed by atoms with Gasteiger partial charge < -0.3 is 5.73 Å². The molecular weight excluding hydrogens is 316 g/mol. The van der Waals surface area contributed by atoms with Crippen molar-refractivity contribution in [2.45, 2.75) is 44.6 Å². The van der Waals surface area contributed by atoms with Crippen molar-refractivity contribution in [2.75, 3.05) is 13.1 Å². The number of carbonyl (C=O) groups is 1. The van der Waals surface area contributed by atoms with E-state index in [4.69, 9.17) is 5.73 Å². The second-order valence-electron chi connectivity index (χ2n) is 7.47. The Balaban J connectivity index is 1.79. The number of aromatic nitrogens is 1. The lowest BCUT2D eigenvalue weighted by molar-refractivity contribution is -0.119. The van der Waals surface area contributed by atoms with Crippen LogP contribution in [0.4, 0.5) is 0 Å². The smallest absolute Gasteiger partial charge is 0.217 e. The van der Waals surface area contributed by atoms with Crippen LogP contribution in [0.2, 0.25) is 0 Å². The highest BCUT2D eigenvalue weighted by atomic mass is 16.3. The molecule has 1 aromatic carbocycles. The van der Waals surface area contributed by atoms with Crippen molar-refractivity contribution >= 4 is 16.8 Å². The highest BCUT2D eigenvalue weighted by Crippen LogP contribution is 2.45. The number of hydrogen-bond donors (Lipinski definition) is 1. The zero-order valence-electron chi connectivity index (χ0n) is 14.5. The Morgan fingerprint density at radius 1 is 1.40 bits per heavy atom. The molecule has 2 aliphatic rings. The molecule has 1 amide bonds. The third-order valence-corrected chi connectivity index (χ3v) is 5.85. The summed E-state index contributed by atoms with van der Waals surface area (Å²) in [5, 5.41) is 4.34. The van der Waals surface area contributed by atoms with Crippen LogP contribution in [-0.4, -0.2) is 34.6 Å². The number of piperidine rings is 1. The predicted molar refractivity (Wildman–Crippen MR) is 97.1 cm³/mol. The van der Waals surface area contributed by atoms with E-state index in [-0.39, 0.29) is 5.91 Å². The first kappa shape index (κ1) is 16.3. The average Bonchev–Trinajstić information content (AvgIpc) is 2.95. The summed E-state index contributed by atoms with van der Waals surface area (Å²) in [6.45, 7) is 4.14. The molecule has 3 atom stereocenters. The van der Waals surface area contributed by atoms with Crippen molar-refractivity contribution < 1.29 is 4.79 Å². The Kier molecular flexibility index (Phi) is 4.07. The molecule has 1 fully saturated rings. The molecule has 1 aliphatic carbocycles. The van der Waals surface area contributed by atoms with E-state index < -0.39 is 0 Å². The summed E-state index contributed by atoms with van der Waals surface area (Å²) >= 11 is 0. The molecule has 2 heterocycles. The van der Waals surface area contributed by atoms with Crippen LogP contribution in [0.3, 0.4) is 0 Å². The quantitative estimate of drug-likeness (QED) is 0.850. The lowest BCUT2D eigenvalue weighted by Gasteiger charge is -2.47. The summed E-state index contributed by atoms with van der Waals surface area (Å²) in [4.78, 5) is 25.2. The Morgan fingerprint density at radius 3 is 2.96 bits per heavy atom. The molecule has 1 saturated heterocycles. The summed E-state index contributed by atoms with van der Waals surface area (Å²) in [6, 6.07) is 6.56. The van der Waals surface area contributed by atoms with Crippen LogP contribution in [0.25, 0.3) is 10.9 Å². The van der Waals surface area contributed by atoms with Gasteiger partial charge in [0.2, 0.25) is 5.91 Å². The van der Waals surface area contributed by atoms with Crippen molar-refractivity contribution in [1.29, 1.82) is 0 Å². The molecule has 4 rings (SSSR count). The monoisotopic (exact) mass is 340 g/mol. The van der Waals surface area contributed by atoms with Crippen molar-refractivity contribution in [3.8, 4) is 0 Å². The Labute approximate surface area is 146 Å². The van der Waals surface area contributed by atoms with Gasteiger partial charge in [-0.15, -0.1) is 4.91 Å². The molecule has 0 radical (unpaired) electrons. The second kappa shape index (κ2) is 6.26. The number of likely N-dealkylation sites (tertiary alicyclic amines) is 1.